The van der Waals surface area contributed by atoms with Crippen LogP contribution < -0.4 is 5.32 Å². The van der Waals surface area contributed by atoms with Crippen LogP contribution >= 0.6 is 0 Å². The number of nitrogens with one attached hydrogen (secondary N) is 2. The summed E-state index contributed by atoms with van der Waals surface area (Å²) in [5.41, 5.74) is 1.48. The molecule has 0 aliphatic rings. The van der Waals surface area contributed by atoms with Crippen LogP contribution in [0.3, 0.4) is 0 Å². The minimum Gasteiger partial charge on any atom is -0.395 e. The van der Waals surface area contributed by atoms with Crippen molar-refractivity contribution >= 4 is 17.0 Å². The Morgan fingerprint density at radius 3 is 3.00 bits per heavy atom. The number of fused-ring (bicyclic) bond motifs is 1. The van der Waals surface area contributed by atoms with Crippen molar-refractivity contribution in [3.05, 3.63) is 12.7 Å². The number of H-pyrrole nitrogens is 1. The Morgan fingerprint density at radius 1 is 1.33 bits per heavy atom. The number of hydrogen-bond acceptors (Lipinski definition) is 6. The third kappa shape index (κ3) is 2.93. The van der Waals surface area contributed by atoms with E-state index in [1.807, 2.05) is 0 Å². The lowest BCUT2D eigenvalue weighted by atomic mass is 10.4. The number of aromatic nitrogens is 4. The summed E-state index contributed by atoms with van der Waals surface area (Å²) in [5.74, 6) is 0.762. The van der Waals surface area contributed by atoms with Crippen LogP contribution in [0, 0.1) is 0 Å². The molecule has 18 heavy (non-hydrogen) atoms. The molecule has 2 rings (SSSR count). The maximum Gasteiger partial charge on any atom is 0.182 e. The molecule has 0 bridgehead atoms. The molecule has 98 valence electrons. The standard InChI is InChI=1S/C11H18N6O/c1-2-17(5-6-18)4-3-12-10-9-11(14-7-13-9)16-8-15-10/h7-8,18H,2-6H2,1H3,(H2,12,13,14,15,16). The number of nitrogens with zero attached hydrogens (tertiary/aromatic N) is 4. The first kappa shape index (κ1) is 12.7. The van der Waals surface area contributed by atoms with Gasteiger partial charge in [0.05, 0.1) is 12.9 Å². The minimum atomic E-state index is 0.187. The van der Waals surface area contributed by atoms with Crippen molar-refractivity contribution in [3.63, 3.8) is 0 Å². The average Bonchev–Trinajstić information content (AvgIpc) is 2.86. The van der Waals surface area contributed by atoms with Crippen molar-refractivity contribution < 1.29 is 5.11 Å². The first-order chi connectivity index (χ1) is 8.85. The first-order valence-electron chi connectivity index (χ1n) is 6.06. The van der Waals surface area contributed by atoms with Gasteiger partial charge in [-0.1, -0.05) is 6.92 Å². The second-order valence-corrected chi connectivity index (χ2v) is 3.91. The predicted octanol–water partition coefficient (Wildman–Crippen LogP) is 0.0790. The van der Waals surface area contributed by atoms with Crippen LogP contribution in [0.15, 0.2) is 12.7 Å². The number of likely N-dealkylation sites (N-methyl/N-ethyl adjacent to an activating group) is 1. The van der Waals surface area contributed by atoms with E-state index in [1.165, 1.54) is 6.33 Å². The molecule has 3 N–H and O–H groups in total. The van der Waals surface area contributed by atoms with E-state index in [2.05, 4.69) is 37.1 Å². The highest BCUT2D eigenvalue weighted by molar-refractivity contribution is 5.81. The third-order valence-corrected chi connectivity index (χ3v) is 2.81. The summed E-state index contributed by atoms with van der Waals surface area (Å²) < 4.78 is 0. The van der Waals surface area contributed by atoms with Crippen molar-refractivity contribution in [2.75, 3.05) is 38.1 Å². The van der Waals surface area contributed by atoms with Gasteiger partial charge in [-0.2, -0.15) is 0 Å². The number of aromatic amines is 1. The van der Waals surface area contributed by atoms with Gasteiger partial charge in [0.25, 0.3) is 0 Å². The van der Waals surface area contributed by atoms with Gasteiger partial charge in [0.1, 0.15) is 11.8 Å². The molecule has 0 aliphatic heterocycles. The van der Waals surface area contributed by atoms with Crippen LogP contribution in [0.5, 0.6) is 0 Å². The van der Waals surface area contributed by atoms with Crippen molar-refractivity contribution in [3.8, 4) is 0 Å². The number of aliphatic hydroxyl groups excluding tert-OH is 1. The van der Waals surface area contributed by atoms with E-state index in [1.54, 1.807) is 6.33 Å². The smallest absolute Gasteiger partial charge is 0.182 e. The van der Waals surface area contributed by atoms with Crippen molar-refractivity contribution in [2.24, 2.45) is 0 Å². The van der Waals surface area contributed by atoms with Crippen molar-refractivity contribution in [2.45, 2.75) is 6.92 Å². The Balaban J connectivity index is 1.92. The molecule has 2 heterocycles. The highest BCUT2D eigenvalue weighted by Crippen LogP contribution is 2.13. The third-order valence-electron chi connectivity index (χ3n) is 2.81. The lowest BCUT2D eigenvalue weighted by molar-refractivity contribution is 0.206. The summed E-state index contributed by atoms with van der Waals surface area (Å²) in [6.45, 7) is 5.50. The quantitative estimate of drug-likeness (QED) is 0.644. The van der Waals surface area contributed by atoms with Gasteiger partial charge in [-0.25, -0.2) is 15.0 Å². The summed E-state index contributed by atoms with van der Waals surface area (Å²) in [4.78, 5) is 17.5. The van der Waals surface area contributed by atoms with Gasteiger partial charge in [0.2, 0.25) is 0 Å². The van der Waals surface area contributed by atoms with Crippen LogP contribution in [0.25, 0.3) is 11.2 Å². The number of anilines is 1. The molecule has 0 unspecified atom stereocenters. The van der Waals surface area contributed by atoms with E-state index in [4.69, 9.17) is 5.11 Å². The zero-order valence-corrected chi connectivity index (χ0v) is 10.4. The number of rotatable bonds is 7. The molecule has 0 radical (unpaired) electrons. The molecule has 0 atom stereocenters. The Bertz CT molecular complexity index is 485. The summed E-state index contributed by atoms with van der Waals surface area (Å²) in [6.07, 6.45) is 3.10. The van der Waals surface area contributed by atoms with Crippen LogP contribution in [0.4, 0.5) is 5.82 Å². The summed E-state index contributed by atoms with van der Waals surface area (Å²) in [5, 5.41) is 12.2. The van der Waals surface area contributed by atoms with Crippen molar-refractivity contribution in [1.29, 1.82) is 0 Å². The van der Waals surface area contributed by atoms with E-state index in [0.29, 0.717) is 12.2 Å². The van der Waals surface area contributed by atoms with E-state index in [-0.39, 0.29) is 6.61 Å². The normalized spacial score (nSPS) is 11.3. The second-order valence-electron chi connectivity index (χ2n) is 3.91. The van der Waals surface area contributed by atoms with Crippen LogP contribution in [0.2, 0.25) is 0 Å². The largest absolute Gasteiger partial charge is 0.395 e. The van der Waals surface area contributed by atoms with Gasteiger partial charge in [-0.3, -0.25) is 4.90 Å². The fourth-order valence-corrected chi connectivity index (χ4v) is 1.80. The Hall–Kier alpha value is -1.73. The molecular weight excluding hydrogens is 232 g/mol. The van der Waals surface area contributed by atoms with Gasteiger partial charge < -0.3 is 15.4 Å². The summed E-state index contributed by atoms with van der Waals surface area (Å²) in [7, 11) is 0. The van der Waals surface area contributed by atoms with Gasteiger partial charge in [0, 0.05) is 19.6 Å². The van der Waals surface area contributed by atoms with E-state index < -0.39 is 0 Å². The van der Waals surface area contributed by atoms with Gasteiger partial charge >= 0.3 is 0 Å². The monoisotopic (exact) mass is 250 g/mol. The molecule has 7 heteroatoms. The lowest BCUT2D eigenvalue weighted by Gasteiger charge is -2.19. The van der Waals surface area contributed by atoms with Gasteiger partial charge in [0.15, 0.2) is 11.5 Å². The fourth-order valence-electron chi connectivity index (χ4n) is 1.80. The Morgan fingerprint density at radius 2 is 2.22 bits per heavy atom. The zero-order chi connectivity index (χ0) is 12.8. The maximum absolute atomic E-state index is 8.90. The van der Waals surface area contributed by atoms with Crippen LogP contribution in [-0.4, -0.2) is 62.7 Å². The minimum absolute atomic E-state index is 0.187. The maximum atomic E-state index is 8.90. The molecule has 0 fully saturated rings. The van der Waals surface area contributed by atoms with Crippen LogP contribution in [-0.2, 0) is 0 Å². The number of hydrogen-bond donors (Lipinski definition) is 3. The zero-order valence-electron chi connectivity index (χ0n) is 10.4. The molecule has 0 aromatic carbocycles. The van der Waals surface area contributed by atoms with E-state index in [0.717, 1.165) is 31.0 Å². The highest BCUT2D eigenvalue weighted by Gasteiger charge is 2.06. The molecule has 0 spiro atoms. The van der Waals surface area contributed by atoms with Gasteiger partial charge in [-0.15, -0.1) is 0 Å². The predicted molar refractivity (Wildman–Crippen MR) is 69.4 cm³/mol. The second kappa shape index (κ2) is 6.27. The fraction of sp³-hybridized carbons (Fsp3) is 0.545. The average molecular weight is 250 g/mol. The van der Waals surface area contributed by atoms with Crippen molar-refractivity contribution in [1.82, 2.24) is 24.8 Å². The molecule has 0 aliphatic carbocycles. The van der Waals surface area contributed by atoms with E-state index >= 15 is 0 Å². The summed E-state index contributed by atoms with van der Waals surface area (Å²) >= 11 is 0. The molecule has 2 aromatic rings. The Labute approximate surface area is 105 Å². The molecule has 0 saturated carbocycles. The lowest BCUT2D eigenvalue weighted by Crippen LogP contribution is -2.31. The summed E-state index contributed by atoms with van der Waals surface area (Å²) in [6, 6.07) is 0. The van der Waals surface area contributed by atoms with Gasteiger partial charge in [-0.05, 0) is 6.54 Å². The molecule has 7 nitrogen and oxygen atoms in total. The first-order valence-corrected chi connectivity index (χ1v) is 6.06. The molecule has 0 saturated heterocycles. The number of imidazole rings is 1. The molecule has 2 aromatic heterocycles. The SMILES string of the molecule is CCN(CCO)CCNc1ncnc2nc[nH]c12. The Kier molecular flexibility index (Phi) is 4.43. The topological polar surface area (TPSA) is 90.0 Å². The van der Waals surface area contributed by atoms with Crippen LogP contribution in [0.1, 0.15) is 6.92 Å². The highest BCUT2D eigenvalue weighted by atomic mass is 16.3. The van der Waals surface area contributed by atoms with E-state index in [9.17, 15) is 0 Å². The molecular formula is C11H18N6O. The molecule has 0 amide bonds. The number of aliphatic hydroxyl groups is 1.